The van der Waals surface area contributed by atoms with Crippen LogP contribution >= 0.6 is 0 Å². The SMILES string of the molecule is CCN(c1c(F)cc(CNC)cc1F)C(C)CN(C)C. The van der Waals surface area contributed by atoms with Crippen molar-refractivity contribution in [2.24, 2.45) is 0 Å². The van der Waals surface area contributed by atoms with Crippen LogP contribution < -0.4 is 10.2 Å². The van der Waals surface area contributed by atoms with E-state index in [4.69, 9.17) is 0 Å². The third-order valence-electron chi connectivity index (χ3n) is 3.25. The summed E-state index contributed by atoms with van der Waals surface area (Å²) in [7, 11) is 5.65. The maximum absolute atomic E-state index is 14.2. The molecule has 114 valence electrons. The minimum absolute atomic E-state index is 0.0363. The van der Waals surface area contributed by atoms with Crippen LogP contribution in [0.3, 0.4) is 0 Å². The number of hydrogen-bond acceptors (Lipinski definition) is 3. The zero-order chi connectivity index (χ0) is 15.3. The van der Waals surface area contributed by atoms with Crippen LogP contribution in [0, 0.1) is 11.6 Å². The molecule has 0 aliphatic carbocycles. The largest absolute Gasteiger partial charge is 0.363 e. The van der Waals surface area contributed by atoms with E-state index < -0.39 is 11.6 Å². The van der Waals surface area contributed by atoms with Gasteiger partial charge in [0.25, 0.3) is 0 Å². The number of likely N-dealkylation sites (N-methyl/N-ethyl adjacent to an activating group) is 2. The van der Waals surface area contributed by atoms with Gasteiger partial charge in [0.15, 0.2) is 0 Å². The Kier molecular flexibility index (Phi) is 6.36. The van der Waals surface area contributed by atoms with E-state index in [0.29, 0.717) is 18.7 Å². The molecule has 3 nitrogen and oxygen atoms in total. The summed E-state index contributed by atoms with van der Waals surface area (Å²) in [5, 5.41) is 2.90. The summed E-state index contributed by atoms with van der Waals surface area (Å²) in [6.45, 7) is 5.64. The van der Waals surface area contributed by atoms with Crippen LogP contribution in [0.15, 0.2) is 12.1 Å². The fourth-order valence-electron chi connectivity index (χ4n) is 2.52. The highest BCUT2D eigenvalue weighted by Gasteiger charge is 2.21. The average Bonchev–Trinajstić information content (AvgIpc) is 2.33. The number of hydrogen-bond donors (Lipinski definition) is 1. The molecule has 0 radical (unpaired) electrons. The lowest BCUT2D eigenvalue weighted by Gasteiger charge is -2.32. The first-order valence-corrected chi connectivity index (χ1v) is 6.94. The molecule has 1 atom stereocenters. The van der Waals surface area contributed by atoms with Gasteiger partial charge in [0, 0.05) is 25.7 Å². The van der Waals surface area contributed by atoms with Crippen molar-refractivity contribution in [3.63, 3.8) is 0 Å². The number of halogens is 2. The molecule has 1 aromatic carbocycles. The predicted octanol–water partition coefficient (Wildman–Crippen LogP) is 2.46. The third kappa shape index (κ3) is 4.15. The summed E-state index contributed by atoms with van der Waals surface area (Å²) in [4.78, 5) is 3.78. The molecule has 0 spiro atoms. The predicted molar refractivity (Wildman–Crippen MR) is 80.2 cm³/mol. The van der Waals surface area contributed by atoms with Gasteiger partial charge in [-0.3, -0.25) is 0 Å². The van der Waals surface area contributed by atoms with Gasteiger partial charge in [-0.2, -0.15) is 0 Å². The molecule has 0 saturated carbocycles. The quantitative estimate of drug-likeness (QED) is 0.830. The maximum atomic E-state index is 14.2. The van der Waals surface area contributed by atoms with Crippen LogP contribution in [0.4, 0.5) is 14.5 Å². The van der Waals surface area contributed by atoms with Crippen molar-refractivity contribution in [1.29, 1.82) is 0 Å². The standard InChI is InChI=1S/C15H25F2N3/c1-6-20(11(2)10-19(4)5)15-13(16)7-12(9-18-3)8-14(15)17/h7-8,11,18H,6,9-10H2,1-5H3. The van der Waals surface area contributed by atoms with Gasteiger partial charge in [0.2, 0.25) is 0 Å². The second-order valence-electron chi connectivity index (χ2n) is 5.34. The van der Waals surface area contributed by atoms with Gasteiger partial charge in [-0.1, -0.05) is 0 Å². The van der Waals surface area contributed by atoms with E-state index in [1.54, 1.807) is 11.9 Å². The monoisotopic (exact) mass is 285 g/mol. The Morgan fingerprint density at radius 2 is 1.75 bits per heavy atom. The van der Waals surface area contributed by atoms with E-state index in [1.807, 2.05) is 32.8 Å². The summed E-state index contributed by atoms with van der Waals surface area (Å²) >= 11 is 0. The Morgan fingerprint density at radius 3 is 2.15 bits per heavy atom. The Morgan fingerprint density at radius 1 is 1.20 bits per heavy atom. The second kappa shape index (κ2) is 7.55. The smallest absolute Gasteiger partial charge is 0.149 e. The minimum Gasteiger partial charge on any atom is -0.363 e. The molecule has 5 heteroatoms. The minimum atomic E-state index is -0.497. The Hall–Kier alpha value is -1.20. The van der Waals surface area contributed by atoms with E-state index in [9.17, 15) is 8.78 Å². The summed E-state index contributed by atoms with van der Waals surface area (Å²) in [5.74, 6) is -0.995. The lowest BCUT2D eigenvalue weighted by atomic mass is 10.1. The van der Waals surface area contributed by atoms with Crippen molar-refractivity contribution in [3.8, 4) is 0 Å². The van der Waals surface area contributed by atoms with Crippen LogP contribution in [0.5, 0.6) is 0 Å². The molecule has 0 aliphatic heterocycles. The number of rotatable bonds is 7. The summed E-state index contributed by atoms with van der Waals surface area (Å²) < 4.78 is 28.5. The molecule has 0 heterocycles. The molecule has 1 rings (SSSR count). The van der Waals surface area contributed by atoms with Gasteiger partial charge in [-0.05, 0) is 52.7 Å². The van der Waals surface area contributed by atoms with E-state index in [1.165, 1.54) is 12.1 Å². The second-order valence-corrected chi connectivity index (χ2v) is 5.34. The first-order chi connectivity index (χ1) is 9.40. The average molecular weight is 285 g/mol. The van der Waals surface area contributed by atoms with Gasteiger partial charge in [-0.25, -0.2) is 8.78 Å². The van der Waals surface area contributed by atoms with Gasteiger partial charge >= 0.3 is 0 Å². The van der Waals surface area contributed by atoms with Gasteiger partial charge in [0.1, 0.15) is 17.3 Å². The number of nitrogens with zero attached hydrogens (tertiary/aromatic N) is 2. The van der Waals surface area contributed by atoms with E-state index >= 15 is 0 Å². The van der Waals surface area contributed by atoms with Crippen LogP contribution in [0.2, 0.25) is 0 Å². The summed E-state index contributed by atoms with van der Waals surface area (Å²) in [6.07, 6.45) is 0. The van der Waals surface area contributed by atoms with Crippen molar-refractivity contribution in [2.75, 3.05) is 39.1 Å². The molecule has 0 amide bonds. The van der Waals surface area contributed by atoms with E-state index in [0.717, 1.165) is 6.54 Å². The third-order valence-corrected chi connectivity index (χ3v) is 3.25. The molecule has 0 aromatic heterocycles. The number of benzene rings is 1. The topological polar surface area (TPSA) is 18.5 Å². The lowest BCUT2D eigenvalue weighted by Crippen LogP contribution is -2.41. The van der Waals surface area contributed by atoms with Crippen molar-refractivity contribution in [3.05, 3.63) is 29.3 Å². The van der Waals surface area contributed by atoms with Gasteiger partial charge in [-0.15, -0.1) is 0 Å². The molecular weight excluding hydrogens is 260 g/mol. The van der Waals surface area contributed by atoms with Crippen LogP contribution in [-0.4, -0.2) is 45.2 Å². The Labute approximate surface area is 120 Å². The zero-order valence-electron chi connectivity index (χ0n) is 13.0. The Bertz CT molecular complexity index is 412. The lowest BCUT2D eigenvalue weighted by molar-refractivity contribution is 0.370. The zero-order valence-corrected chi connectivity index (χ0v) is 13.0. The van der Waals surface area contributed by atoms with Crippen molar-refractivity contribution >= 4 is 5.69 Å². The highest BCUT2D eigenvalue weighted by atomic mass is 19.1. The molecule has 20 heavy (non-hydrogen) atoms. The highest BCUT2D eigenvalue weighted by molar-refractivity contribution is 5.51. The fourth-order valence-corrected chi connectivity index (χ4v) is 2.52. The first kappa shape index (κ1) is 16.9. The highest BCUT2D eigenvalue weighted by Crippen LogP contribution is 2.26. The Balaban J connectivity index is 3.09. The van der Waals surface area contributed by atoms with Gasteiger partial charge < -0.3 is 15.1 Å². The summed E-state index contributed by atoms with van der Waals surface area (Å²) in [5.41, 5.74) is 0.685. The maximum Gasteiger partial charge on any atom is 0.149 e. The fraction of sp³-hybridized carbons (Fsp3) is 0.600. The van der Waals surface area contributed by atoms with Crippen molar-refractivity contribution in [1.82, 2.24) is 10.2 Å². The van der Waals surface area contributed by atoms with Crippen molar-refractivity contribution < 1.29 is 8.78 Å². The molecule has 1 N–H and O–H groups in total. The van der Waals surface area contributed by atoms with Crippen LogP contribution in [-0.2, 0) is 6.54 Å². The molecule has 0 aliphatic rings. The number of anilines is 1. The molecule has 1 aromatic rings. The van der Waals surface area contributed by atoms with Crippen LogP contribution in [0.1, 0.15) is 19.4 Å². The van der Waals surface area contributed by atoms with Crippen molar-refractivity contribution in [2.45, 2.75) is 26.4 Å². The van der Waals surface area contributed by atoms with E-state index in [-0.39, 0.29) is 11.7 Å². The first-order valence-electron chi connectivity index (χ1n) is 6.94. The van der Waals surface area contributed by atoms with E-state index in [2.05, 4.69) is 5.32 Å². The molecule has 1 unspecified atom stereocenters. The molecule has 0 bridgehead atoms. The summed E-state index contributed by atoms with van der Waals surface area (Å²) in [6, 6.07) is 2.84. The van der Waals surface area contributed by atoms with Crippen LogP contribution in [0.25, 0.3) is 0 Å². The number of nitrogens with one attached hydrogen (secondary N) is 1. The van der Waals surface area contributed by atoms with Gasteiger partial charge in [0.05, 0.1) is 0 Å². The molecule has 0 fully saturated rings. The molecular formula is C15H25F2N3. The normalized spacial score (nSPS) is 12.8. The molecule has 0 saturated heterocycles.